The molecular weight excluding hydrogens is 327 g/mol. The van der Waals surface area contributed by atoms with E-state index in [1.165, 1.54) is 30.8 Å². The van der Waals surface area contributed by atoms with Crippen molar-refractivity contribution in [2.45, 2.75) is 30.5 Å². The number of hydrogen-bond acceptors (Lipinski definition) is 3. The van der Waals surface area contributed by atoms with E-state index in [9.17, 15) is 14.0 Å². The van der Waals surface area contributed by atoms with Crippen LogP contribution in [-0.2, 0) is 16.1 Å². The van der Waals surface area contributed by atoms with Gasteiger partial charge in [-0.3, -0.25) is 9.59 Å². The van der Waals surface area contributed by atoms with Crippen LogP contribution in [0.4, 0.5) is 10.1 Å². The first-order valence-electron chi connectivity index (χ1n) is 7.50. The topological polar surface area (TPSA) is 58.2 Å². The Labute approximate surface area is 144 Å². The minimum atomic E-state index is -0.295. The summed E-state index contributed by atoms with van der Waals surface area (Å²) in [6.07, 6.45) is 0. The van der Waals surface area contributed by atoms with Crippen molar-refractivity contribution in [2.75, 3.05) is 5.32 Å². The molecule has 0 bridgehead atoms. The fraction of sp³-hybridized carbons (Fsp3) is 0.222. The van der Waals surface area contributed by atoms with Gasteiger partial charge in [-0.05, 0) is 48.9 Å². The predicted octanol–water partition coefficient (Wildman–Crippen LogP) is 3.58. The van der Waals surface area contributed by atoms with Crippen LogP contribution in [0.2, 0.25) is 0 Å². The second-order valence-corrected chi connectivity index (χ2v) is 6.72. The summed E-state index contributed by atoms with van der Waals surface area (Å²) in [6.45, 7) is 3.65. The van der Waals surface area contributed by atoms with Gasteiger partial charge in [-0.1, -0.05) is 12.1 Å². The summed E-state index contributed by atoms with van der Waals surface area (Å²) >= 11 is 1.43. The molecular formula is C18H19FN2O2S. The van der Waals surface area contributed by atoms with E-state index in [4.69, 9.17) is 0 Å². The summed E-state index contributed by atoms with van der Waals surface area (Å²) in [4.78, 5) is 24.1. The second kappa shape index (κ2) is 8.49. The highest BCUT2D eigenvalue weighted by molar-refractivity contribution is 8.00. The number of nitrogens with one attached hydrogen (secondary N) is 2. The largest absolute Gasteiger partial charge is 0.351 e. The van der Waals surface area contributed by atoms with Crippen molar-refractivity contribution in [2.24, 2.45) is 0 Å². The third kappa shape index (κ3) is 5.70. The van der Waals surface area contributed by atoms with E-state index in [2.05, 4.69) is 10.6 Å². The maximum Gasteiger partial charge on any atom is 0.233 e. The average Bonchev–Trinajstić information content (AvgIpc) is 2.55. The summed E-state index contributed by atoms with van der Waals surface area (Å²) in [6, 6.07) is 13.4. The minimum Gasteiger partial charge on any atom is -0.351 e. The van der Waals surface area contributed by atoms with Crippen LogP contribution >= 0.6 is 11.8 Å². The molecule has 0 radical (unpaired) electrons. The molecule has 1 unspecified atom stereocenters. The number of carbonyl (C=O) groups excluding carboxylic acids is 2. The molecule has 126 valence electrons. The third-order valence-electron chi connectivity index (χ3n) is 3.24. The highest BCUT2D eigenvalue weighted by atomic mass is 32.2. The normalized spacial score (nSPS) is 11.6. The Morgan fingerprint density at radius 2 is 1.71 bits per heavy atom. The lowest BCUT2D eigenvalue weighted by molar-refractivity contribution is -0.120. The van der Waals surface area contributed by atoms with Crippen molar-refractivity contribution in [3.05, 3.63) is 59.9 Å². The van der Waals surface area contributed by atoms with Crippen LogP contribution in [0.15, 0.2) is 53.4 Å². The number of amides is 2. The van der Waals surface area contributed by atoms with E-state index >= 15 is 0 Å². The molecule has 0 saturated carbocycles. The Bertz CT molecular complexity index is 702. The van der Waals surface area contributed by atoms with Crippen LogP contribution in [-0.4, -0.2) is 17.1 Å². The zero-order valence-corrected chi connectivity index (χ0v) is 14.3. The quantitative estimate of drug-likeness (QED) is 0.786. The molecule has 2 amide bonds. The molecule has 1 atom stereocenters. The number of carbonyl (C=O) groups is 2. The maximum absolute atomic E-state index is 12.8. The minimum absolute atomic E-state index is 0.0877. The van der Waals surface area contributed by atoms with Gasteiger partial charge in [0, 0.05) is 24.1 Å². The van der Waals surface area contributed by atoms with Gasteiger partial charge >= 0.3 is 0 Å². The van der Waals surface area contributed by atoms with Crippen LogP contribution in [0.5, 0.6) is 0 Å². The Hall–Kier alpha value is -2.34. The smallest absolute Gasteiger partial charge is 0.233 e. The molecule has 6 heteroatoms. The summed E-state index contributed by atoms with van der Waals surface area (Å²) < 4.78 is 12.8. The van der Waals surface area contributed by atoms with Gasteiger partial charge in [-0.25, -0.2) is 4.39 Å². The zero-order valence-electron chi connectivity index (χ0n) is 13.5. The van der Waals surface area contributed by atoms with E-state index < -0.39 is 0 Å². The molecule has 0 spiro atoms. The molecule has 24 heavy (non-hydrogen) atoms. The molecule has 0 aromatic heterocycles. The van der Waals surface area contributed by atoms with Crippen molar-refractivity contribution >= 4 is 29.3 Å². The summed E-state index contributed by atoms with van der Waals surface area (Å²) in [7, 11) is 0. The van der Waals surface area contributed by atoms with Gasteiger partial charge in [0.05, 0.1) is 5.25 Å². The maximum atomic E-state index is 12.8. The monoisotopic (exact) mass is 346 g/mol. The molecule has 0 fully saturated rings. The van der Waals surface area contributed by atoms with Crippen LogP contribution in [0, 0.1) is 5.82 Å². The van der Waals surface area contributed by atoms with Crippen molar-refractivity contribution in [1.29, 1.82) is 0 Å². The van der Waals surface area contributed by atoms with Gasteiger partial charge in [-0.15, -0.1) is 11.8 Å². The van der Waals surface area contributed by atoms with Crippen LogP contribution < -0.4 is 10.6 Å². The molecule has 0 heterocycles. The van der Waals surface area contributed by atoms with Crippen LogP contribution in [0.3, 0.4) is 0 Å². The second-order valence-electron chi connectivity index (χ2n) is 5.31. The Balaban J connectivity index is 1.84. The first-order valence-corrected chi connectivity index (χ1v) is 8.38. The van der Waals surface area contributed by atoms with Crippen molar-refractivity contribution < 1.29 is 14.0 Å². The lowest BCUT2D eigenvalue weighted by atomic mass is 10.2. The van der Waals surface area contributed by atoms with Gasteiger partial charge in [-0.2, -0.15) is 0 Å². The molecule has 0 saturated heterocycles. The number of thioether (sulfide) groups is 1. The summed E-state index contributed by atoms with van der Waals surface area (Å²) in [5.41, 5.74) is 1.57. The number of halogens is 1. The molecule has 4 nitrogen and oxygen atoms in total. The van der Waals surface area contributed by atoms with Gasteiger partial charge in [0.15, 0.2) is 0 Å². The lowest BCUT2D eigenvalue weighted by Crippen LogP contribution is -2.30. The van der Waals surface area contributed by atoms with Gasteiger partial charge in [0.1, 0.15) is 5.82 Å². The first kappa shape index (κ1) is 18.0. The van der Waals surface area contributed by atoms with E-state index in [1.54, 1.807) is 24.3 Å². The van der Waals surface area contributed by atoms with Crippen molar-refractivity contribution in [3.8, 4) is 0 Å². The van der Waals surface area contributed by atoms with Crippen LogP contribution in [0.25, 0.3) is 0 Å². The predicted molar refractivity (Wildman–Crippen MR) is 94.3 cm³/mol. The van der Waals surface area contributed by atoms with Crippen LogP contribution in [0.1, 0.15) is 19.4 Å². The zero-order chi connectivity index (χ0) is 17.5. The molecule has 2 rings (SSSR count). The third-order valence-corrected chi connectivity index (χ3v) is 4.35. The Morgan fingerprint density at radius 1 is 1.08 bits per heavy atom. The highest BCUT2D eigenvalue weighted by Gasteiger charge is 2.14. The van der Waals surface area contributed by atoms with E-state index in [1.807, 2.05) is 19.1 Å². The fourth-order valence-corrected chi connectivity index (χ4v) is 2.90. The Morgan fingerprint density at radius 3 is 2.29 bits per heavy atom. The number of hydrogen-bond donors (Lipinski definition) is 2. The van der Waals surface area contributed by atoms with Gasteiger partial charge < -0.3 is 10.6 Å². The van der Waals surface area contributed by atoms with Crippen molar-refractivity contribution in [1.82, 2.24) is 5.32 Å². The number of anilines is 1. The lowest BCUT2D eigenvalue weighted by Gasteiger charge is -2.12. The molecule has 0 aliphatic carbocycles. The average molecular weight is 346 g/mol. The fourth-order valence-electron chi connectivity index (χ4n) is 2.01. The first-order chi connectivity index (χ1) is 11.4. The molecule has 2 aromatic rings. The Kier molecular flexibility index (Phi) is 6.37. The number of rotatable bonds is 6. The van der Waals surface area contributed by atoms with Crippen molar-refractivity contribution in [3.63, 3.8) is 0 Å². The van der Waals surface area contributed by atoms with E-state index in [0.29, 0.717) is 6.54 Å². The molecule has 0 aliphatic rings. The summed E-state index contributed by atoms with van der Waals surface area (Å²) in [5, 5.41) is 5.27. The number of benzene rings is 2. The van der Waals surface area contributed by atoms with E-state index in [0.717, 1.165) is 16.1 Å². The molecule has 2 aromatic carbocycles. The molecule has 0 aliphatic heterocycles. The van der Waals surface area contributed by atoms with Gasteiger partial charge in [0.25, 0.3) is 0 Å². The SMILES string of the molecule is CC(=O)Nc1ccc(SC(C)C(=O)NCc2ccc(F)cc2)cc1. The van der Waals surface area contributed by atoms with E-state index in [-0.39, 0.29) is 22.9 Å². The standard InChI is InChI=1S/C18H19FN2O2S/c1-12(18(23)20-11-14-3-5-15(19)6-4-14)24-17-9-7-16(8-10-17)21-13(2)22/h3-10,12H,11H2,1-2H3,(H,20,23)(H,21,22). The van der Waals surface area contributed by atoms with Gasteiger partial charge in [0.2, 0.25) is 11.8 Å². The molecule has 2 N–H and O–H groups in total. The summed E-state index contributed by atoms with van der Waals surface area (Å²) in [5.74, 6) is -0.504. The highest BCUT2D eigenvalue weighted by Crippen LogP contribution is 2.24.